The highest BCUT2D eigenvalue weighted by atomic mass is 16.3. The molecular weight excluding hydrogens is 264 g/mol. The Bertz CT molecular complexity index is 647. The molecule has 0 radical (unpaired) electrons. The van der Waals surface area contributed by atoms with Crippen LogP contribution in [0.15, 0.2) is 30.5 Å². The summed E-state index contributed by atoms with van der Waals surface area (Å²) in [6, 6.07) is 8.02. The van der Waals surface area contributed by atoms with Gasteiger partial charge in [-0.15, -0.1) is 0 Å². The molecule has 2 unspecified atom stereocenters. The molecule has 1 amide bonds. The average molecular weight is 286 g/mol. The topological polar surface area (TPSA) is 54.3 Å². The first-order valence-electron chi connectivity index (χ1n) is 7.65. The van der Waals surface area contributed by atoms with Gasteiger partial charge in [0.05, 0.1) is 18.6 Å². The van der Waals surface area contributed by atoms with Gasteiger partial charge in [0, 0.05) is 24.1 Å². The van der Waals surface area contributed by atoms with Crippen LogP contribution >= 0.6 is 0 Å². The van der Waals surface area contributed by atoms with Crippen LogP contribution in [0, 0.1) is 0 Å². The fraction of sp³-hybridized carbons (Fsp3) is 0.471. The molecule has 1 heterocycles. The van der Waals surface area contributed by atoms with Crippen LogP contribution in [0.2, 0.25) is 0 Å². The smallest absolute Gasteiger partial charge is 0.224 e. The van der Waals surface area contributed by atoms with E-state index >= 15 is 0 Å². The lowest BCUT2D eigenvalue weighted by atomic mass is 9.92. The van der Waals surface area contributed by atoms with Gasteiger partial charge in [-0.1, -0.05) is 31.0 Å². The third-order valence-electron chi connectivity index (χ3n) is 4.41. The molecule has 0 aliphatic heterocycles. The lowest BCUT2D eigenvalue weighted by Crippen LogP contribution is -2.45. The number of carbonyl (C=O) groups excluding carboxylic acids is 1. The number of aliphatic hydroxyl groups excluding tert-OH is 1. The Balaban J connectivity index is 1.71. The molecule has 2 atom stereocenters. The van der Waals surface area contributed by atoms with Crippen LogP contribution in [0.25, 0.3) is 10.9 Å². The summed E-state index contributed by atoms with van der Waals surface area (Å²) in [7, 11) is 1.99. The third kappa shape index (κ3) is 2.95. The number of para-hydroxylation sites is 1. The molecule has 1 aliphatic rings. The third-order valence-corrected chi connectivity index (χ3v) is 4.41. The number of benzene rings is 1. The molecule has 1 aromatic heterocycles. The summed E-state index contributed by atoms with van der Waals surface area (Å²) in [5.74, 6) is -0.00250. The van der Waals surface area contributed by atoms with Crippen LogP contribution in [-0.2, 0) is 18.3 Å². The van der Waals surface area contributed by atoms with Crippen LogP contribution in [0.1, 0.15) is 31.2 Å². The molecule has 1 saturated carbocycles. The monoisotopic (exact) mass is 286 g/mol. The quantitative estimate of drug-likeness (QED) is 0.908. The SMILES string of the molecule is Cn1cc(CC(=O)NC2CCCCC2O)c2ccccc21. The maximum atomic E-state index is 12.2. The van der Waals surface area contributed by atoms with Crippen LogP contribution in [0.5, 0.6) is 0 Å². The van der Waals surface area contributed by atoms with Crippen LogP contribution in [0.3, 0.4) is 0 Å². The van der Waals surface area contributed by atoms with Crippen LogP contribution < -0.4 is 5.32 Å². The summed E-state index contributed by atoms with van der Waals surface area (Å²) >= 11 is 0. The van der Waals surface area contributed by atoms with Gasteiger partial charge in [-0.25, -0.2) is 0 Å². The molecular formula is C17H22N2O2. The number of fused-ring (bicyclic) bond motifs is 1. The van der Waals surface area contributed by atoms with Crippen molar-refractivity contribution in [1.29, 1.82) is 0 Å². The van der Waals surface area contributed by atoms with E-state index in [1.807, 2.05) is 36.0 Å². The summed E-state index contributed by atoms with van der Waals surface area (Å²) < 4.78 is 2.05. The molecule has 2 aromatic rings. The number of rotatable bonds is 3. The van der Waals surface area contributed by atoms with Gasteiger partial charge in [0.1, 0.15) is 0 Å². The number of hydrogen-bond acceptors (Lipinski definition) is 2. The molecule has 1 aliphatic carbocycles. The number of aliphatic hydroxyl groups is 1. The lowest BCUT2D eigenvalue weighted by molar-refractivity contribution is -0.122. The molecule has 4 nitrogen and oxygen atoms in total. The number of carbonyl (C=O) groups is 1. The Hall–Kier alpha value is -1.81. The Morgan fingerprint density at radius 1 is 1.33 bits per heavy atom. The zero-order valence-electron chi connectivity index (χ0n) is 12.4. The van der Waals surface area contributed by atoms with E-state index in [1.54, 1.807) is 0 Å². The van der Waals surface area contributed by atoms with Gasteiger partial charge in [-0.2, -0.15) is 0 Å². The van der Waals surface area contributed by atoms with Crippen molar-refractivity contribution in [3.05, 3.63) is 36.0 Å². The van der Waals surface area contributed by atoms with Crippen molar-refractivity contribution < 1.29 is 9.90 Å². The number of nitrogens with one attached hydrogen (secondary N) is 1. The second-order valence-electron chi connectivity index (χ2n) is 5.98. The highest BCUT2D eigenvalue weighted by Gasteiger charge is 2.24. The average Bonchev–Trinajstić information content (AvgIpc) is 2.79. The largest absolute Gasteiger partial charge is 0.391 e. The molecule has 4 heteroatoms. The Kier molecular flexibility index (Phi) is 3.97. The van der Waals surface area contributed by atoms with E-state index in [-0.39, 0.29) is 11.9 Å². The zero-order valence-corrected chi connectivity index (χ0v) is 12.4. The number of nitrogens with zero attached hydrogens (tertiary/aromatic N) is 1. The van der Waals surface area contributed by atoms with E-state index in [9.17, 15) is 9.90 Å². The van der Waals surface area contributed by atoms with Crippen molar-refractivity contribution in [2.75, 3.05) is 0 Å². The van der Waals surface area contributed by atoms with Gasteiger partial charge in [0.25, 0.3) is 0 Å². The van der Waals surface area contributed by atoms with Crippen molar-refractivity contribution in [3.63, 3.8) is 0 Å². The van der Waals surface area contributed by atoms with E-state index in [0.29, 0.717) is 6.42 Å². The standard InChI is InChI=1S/C17H22N2O2/c1-19-11-12(13-6-2-4-8-15(13)19)10-17(21)18-14-7-3-5-9-16(14)20/h2,4,6,8,11,14,16,20H,3,5,7,9-10H2,1H3,(H,18,21). The molecule has 0 bridgehead atoms. The van der Waals surface area contributed by atoms with Crippen LogP contribution in [0.4, 0.5) is 0 Å². The molecule has 1 fully saturated rings. The number of aromatic nitrogens is 1. The zero-order chi connectivity index (χ0) is 14.8. The van der Waals surface area contributed by atoms with Crippen molar-refractivity contribution in [3.8, 4) is 0 Å². The summed E-state index contributed by atoms with van der Waals surface area (Å²) in [6.07, 6.45) is 5.79. The number of amides is 1. The minimum atomic E-state index is -0.393. The Morgan fingerprint density at radius 2 is 2.10 bits per heavy atom. The number of hydrogen-bond donors (Lipinski definition) is 2. The van der Waals surface area contributed by atoms with Gasteiger partial charge in [0.15, 0.2) is 0 Å². The minimum absolute atomic E-state index is 0.00250. The second kappa shape index (κ2) is 5.90. The maximum Gasteiger partial charge on any atom is 0.224 e. The number of aryl methyl sites for hydroxylation is 1. The summed E-state index contributed by atoms with van der Waals surface area (Å²) in [5.41, 5.74) is 2.17. The Labute approximate surface area is 124 Å². The summed E-state index contributed by atoms with van der Waals surface area (Å²) in [5, 5.41) is 14.1. The summed E-state index contributed by atoms with van der Waals surface area (Å²) in [6.45, 7) is 0. The Morgan fingerprint density at radius 3 is 2.90 bits per heavy atom. The first kappa shape index (κ1) is 14.1. The molecule has 2 N–H and O–H groups in total. The maximum absolute atomic E-state index is 12.2. The minimum Gasteiger partial charge on any atom is -0.391 e. The fourth-order valence-electron chi connectivity index (χ4n) is 3.28. The highest BCUT2D eigenvalue weighted by Crippen LogP contribution is 2.22. The molecule has 21 heavy (non-hydrogen) atoms. The van der Waals surface area contributed by atoms with E-state index in [1.165, 1.54) is 0 Å². The fourth-order valence-corrected chi connectivity index (χ4v) is 3.28. The predicted octanol–water partition coefficient (Wildman–Crippen LogP) is 2.14. The van der Waals surface area contributed by atoms with Gasteiger partial charge < -0.3 is 15.0 Å². The van der Waals surface area contributed by atoms with Crippen LogP contribution in [-0.4, -0.2) is 27.7 Å². The molecule has 0 saturated heterocycles. The van der Waals surface area contributed by atoms with Gasteiger partial charge in [0.2, 0.25) is 5.91 Å². The first-order chi connectivity index (χ1) is 10.1. The normalized spacial score (nSPS) is 22.4. The van der Waals surface area contributed by atoms with Crippen molar-refractivity contribution in [2.45, 2.75) is 44.2 Å². The predicted molar refractivity (Wildman–Crippen MR) is 83.0 cm³/mol. The van der Waals surface area contributed by atoms with Crippen molar-refractivity contribution >= 4 is 16.8 Å². The van der Waals surface area contributed by atoms with Crippen molar-refractivity contribution in [2.24, 2.45) is 7.05 Å². The van der Waals surface area contributed by atoms with E-state index < -0.39 is 6.10 Å². The van der Waals surface area contributed by atoms with E-state index in [0.717, 1.165) is 42.1 Å². The summed E-state index contributed by atoms with van der Waals surface area (Å²) in [4.78, 5) is 12.2. The molecule has 0 spiro atoms. The van der Waals surface area contributed by atoms with Gasteiger partial charge in [-0.05, 0) is 24.5 Å². The molecule has 112 valence electrons. The van der Waals surface area contributed by atoms with Gasteiger partial charge >= 0.3 is 0 Å². The van der Waals surface area contributed by atoms with E-state index in [4.69, 9.17) is 0 Å². The molecule has 1 aromatic carbocycles. The highest BCUT2D eigenvalue weighted by molar-refractivity contribution is 5.89. The molecule has 3 rings (SSSR count). The van der Waals surface area contributed by atoms with Gasteiger partial charge in [-0.3, -0.25) is 4.79 Å². The second-order valence-corrected chi connectivity index (χ2v) is 5.98. The van der Waals surface area contributed by atoms with E-state index in [2.05, 4.69) is 11.4 Å². The van der Waals surface area contributed by atoms with Crippen molar-refractivity contribution in [1.82, 2.24) is 9.88 Å². The lowest BCUT2D eigenvalue weighted by Gasteiger charge is -2.28. The first-order valence-corrected chi connectivity index (χ1v) is 7.65.